The van der Waals surface area contributed by atoms with Crippen LogP contribution in [-0.2, 0) is 9.53 Å². The first kappa shape index (κ1) is 17.0. The number of amides is 1. The maximum absolute atomic E-state index is 12.8. The van der Waals surface area contributed by atoms with Gasteiger partial charge in [0.25, 0.3) is 0 Å². The SMILES string of the molecule is CCCO[C@@H]1CCCN(C(=O)[C@@H](C)n2nc(C)cc2C)CC1. The number of rotatable bonds is 5. The molecule has 5 heteroatoms. The fourth-order valence-electron chi connectivity index (χ4n) is 3.14. The minimum absolute atomic E-state index is 0.169. The molecule has 124 valence electrons. The van der Waals surface area contributed by atoms with Crippen molar-refractivity contribution >= 4 is 5.91 Å². The third-order valence-electron chi connectivity index (χ3n) is 4.31. The molecule has 1 aromatic heterocycles. The zero-order valence-corrected chi connectivity index (χ0v) is 14.3. The third kappa shape index (κ3) is 4.09. The van der Waals surface area contributed by atoms with Gasteiger partial charge in [-0.15, -0.1) is 0 Å². The third-order valence-corrected chi connectivity index (χ3v) is 4.31. The molecule has 0 spiro atoms. The zero-order chi connectivity index (χ0) is 16.1. The Hall–Kier alpha value is -1.36. The molecule has 1 aliphatic heterocycles. The van der Waals surface area contributed by atoms with Crippen LogP contribution >= 0.6 is 0 Å². The molecule has 1 aliphatic rings. The van der Waals surface area contributed by atoms with E-state index in [1.165, 1.54) is 0 Å². The standard InChI is InChI=1S/C17H29N3O2/c1-5-11-22-16-7-6-9-19(10-8-16)17(21)15(4)20-14(3)12-13(2)18-20/h12,15-16H,5-11H2,1-4H3/t15-,16-/m1/s1. The lowest BCUT2D eigenvalue weighted by Crippen LogP contribution is -2.37. The highest BCUT2D eigenvalue weighted by molar-refractivity contribution is 5.80. The summed E-state index contributed by atoms with van der Waals surface area (Å²) in [6.45, 7) is 10.5. The highest BCUT2D eigenvalue weighted by Crippen LogP contribution is 2.19. The molecule has 2 rings (SSSR count). The number of hydrogen-bond acceptors (Lipinski definition) is 3. The van der Waals surface area contributed by atoms with E-state index in [0.29, 0.717) is 6.10 Å². The number of aromatic nitrogens is 2. The molecule has 0 bridgehead atoms. The van der Waals surface area contributed by atoms with Crippen molar-refractivity contribution in [2.75, 3.05) is 19.7 Å². The average molecular weight is 307 g/mol. The van der Waals surface area contributed by atoms with Gasteiger partial charge in [0.05, 0.1) is 11.8 Å². The first-order chi connectivity index (χ1) is 10.5. The highest BCUT2D eigenvalue weighted by Gasteiger charge is 2.26. The van der Waals surface area contributed by atoms with E-state index < -0.39 is 0 Å². The van der Waals surface area contributed by atoms with E-state index >= 15 is 0 Å². The number of likely N-dealkylation sites (tertiary alicyclic amines) is 1. The van der Waals surface area contributed by atoms with Crippen LogP contribution < -0.4 is 0 Å². The van der Waals surface area contributed by atoms with Crippen LogP contribution in [0.4, 0.5) is 0 Å². The van der Waals surface area contributed by atoms with Gasteiger partial charge < -0.3 is 9.64 Å². The van der Waals surface area contributed by atoms with Crippen LogP contribution in [0.3, 0.4) is 0 Å². The molecule has 0 radical (unpaired) electrons. The van der Waals surface area contributed by atoms with Crippen molar-refractivity contribution in [3.8, 4) is 0 Å². The van der Waals surface area contributed by atoms with Gasteiger partial charge in [-0.25, -0.2) is 0 Å². The normalized spacial score (nSPS) is 20.7. The van der Waals surface area contributed by atoms with Gasteiger partial charge in [-0.2, -0.15) is 5.10 Å². The Morgan fingerprint density at radius 3 is 2.82 bits per heavy atom. The summed E-state index contributed by atoms with van der Waals surface area (Å²) >= 11 is 0. The maximum atomic E-state index is 12.8. The Morgan fingerprint density at radius 1 is 1.41 bits per heavy atom. The number of carbonyl (C=O) groups excluding carboxylic acids is 1. The Morgan fingerprint density at radius 2 is 2.18 bits per heavy atom. The first-order valence-corrected chi connectivity index (χ1v) is 8.46. The van der Waals surface area contributed by atoms with Crippen LogP contribution in [0, 0.1) is 13.8 Å². The zero-order valence-electron chi connectivity index (χ0n) is 14.3. The van der Waals surface area contributed by atoms with E-state index in [4.69, 9.17) is 4.74 Å². The van der Waals surface area contributed by atoms with Crippen LogP contribution in [0.2, 0.25) is 0 Å². The summed E-state index contributed by atoms with van der Waals surface area (Å²) < 4.78 is 7.69. The van der Waals surface area contributed by atoms with Crippen LogP contribution in [0.5, 0.6) is 0 Å². The number of aryl methyl sites for hydroxylation is 2. The van der Waals surface area contributed by atoms with Gasteiger partial charge in [0.2, 0.25) is 5.91 Å². The van der Waals surface area contributed by atoms with Crippen molar-refractivity contribution in [2.24, 2.45) is 0 Å². The molecule has 0 saturated carbocycles. The van der Waals surface area contributed by atoms with E-state index in [1.54, 1.807) is 0 Å². The molecular formula is C17H29N3O2. The predicted octanol–water partition coefficient (Wildman–Crippen LogP) is 2.87. The molecule has 2 atom stereocenters. The van der Waals surface area contributed by atoms with Crippen molar-refractivity contribution in [1.29, 1.82) is 0 Å². The molecule has 0 N–H and O–H groups in total. The second-order valence-corrected chi connectivity index (χ2v) is 6.30. The first-order valence-electron chi connectivity index (χ1n) is 8.46. The molecule has 22 heavy (non-hydrogen) atoms. The van der Waals surface area contributed by atoms with Crippen LogP contribution in [-0.4, -0.2) is 46.4 Å². The Bertz CT molecular complexity index is 498. The Balaban J connectivity index is 1.96. The van der Waals surface area contributed by atoms with Gasteiger partial charge in [0, 0.05) is 25.4 Å². The minimum atomic E-state index is -0.234. The molecule has 1 aromatic rings. The highest BCUT2D eigenvalue weighted by atomic mass is 16.5. The van der Waals surface area contributed by atoms with Gasteiger partial charge in [0.15, 0.2) is 0 Å². The predicted molar refractivity (Wildman–Crippen MR) is 86.9 cm³/mol. The summed E-state index contributed by atoms with van der Waals surface area (Å²) in [6.07, 6.45) is 4.37. The lowest BCUT2D eigenvalue weighted by atomic mass is 10.1. The van der Waals surface area contributed by atoms with Crippen molar-refractivity contribution < 1.29 is 9.53 Å². The number of ether oxygens (including phenoxy) is 1. The Labute approximate surface area is 133 Å². The van der Waals surface area contributed by atoms with E-state index in [1.807, 2.05) is 36.4 Å². The molecule has 2 heterocycles. The number of carbonyl (C=O) groups is 1. The van der Waals surface area contributed by atoms with E-state index in [-0.39, 0.29) is 11.9 Å². The molecule has 1 saturated heterocycles. The van der Waals surface area contributed by atoms with E-state index in [9.17, 15) is 4.79 Å². The minimum Gasteiger partial charge on any atom is -0.378 e. The molecule has 0 aliphatic carbocycles. The van der Waals surface area contributed by atoms with Gasteiger partial charge in [-0.1, -0.05) is 6.92 Å². The van der Waals surface area contributed by atoms with Crippen molar-refractivity contribution in [2.45, 2.75) is 65.5 Å². The summed E-state index contributed by atoms with van der Waals surface area (Å²) in [5.74, 6) is 0.169. The van der Waals surface area contributed by atoms with Gasteiger partial charge in [0.1, 0.15) is 6.04 Å². The van der Waals surface area contributed by atoms with Crippen molar-refractivity contribution in [3.63, 3.8) is 0 Å². The molecule has 1 amide bonds. The summed E-state index contributed by atoms with van der Waals surface area (Å²) in [4.78, 5) is 14.7. The number of nitrogens with zero attached hydrogens (tertiary/aromatic N) is 3. The summed E-state index contributed by atoms with van der Waals surface area (Å²) in [5, 5.41) is 4.45. The molecule has 5 nitrogen and oxygen atoms in total. The topological polar surface area (TPSA) is 47.4 Å². The van der Waals surface area contributed by atoms with Crippen LogP contribution in [0.25, 0.3) is 0 Å². The Kier molecular flexibility index (Phi) is 6.00. The van der Waals surface area contributed by atoms with Gasteiger partial charge >= 0.3 is 0 Å². The van der Waals surface area contributed by atoms with Crippen LogP contribution in [0.15, 0.2) is 6.07 Å². The molecule has 0 aromatic carbocycles. The average Bonchev–Trinajstić information content (AvgIpc) is 2.71. The fraction of sp³-hybridized carbons (Fsp3) is 0.765. The summed E-state index contributed by atoms with van der Waals surface area (Å²) in [5.41, 5.74) is 2.00. The molecular weight excluding hydrogens is 278 g/mol. The lowest BCUT2D eigenvalue weighted by molar-refractivity contribution is -0.134. The van der Waals surface area contributed by atoms with Crippen molar-refractivity contribution in [1.82, 2.24) is 14.7 Å². The molecule has 0 unspecified atom stereocenters. The second kappa shape index (κ2) is 7.77. The quantitative estimate of drug-likeness (QED) is 0.840. The van der Waals surface area contributed by atoms with E-state index in [0.717, 1.165) is 56.8 Å². The maximum Gasteiger partial charge on any atom is 0.247 e. The summed E-state index contributed by atoms with van der Waals surface area (Å²) in [6, 6.07) is 1.78. The molecule has 1 fully saturated rings. The fourth-order valence-corrected chi connectivity index (χ4v) is 3.14. The smallest absolute Gasteiger partial charge is 0.247 e. The van der Waals surface area contributed by atoms with Gasteiger partial charge in [-0.05, 0) is 52.5 Å². The summed E-state index contributed by atoms with van der Waals surface area (Å²) in [7, 11) is 0. The second-order valence-electron chi connectivity index (χ2n) is 6.30. The largest absolute Gasteiger partial charge is 0.378 e. The van der Waals surface area contributed by atoms with Crippen molar-refractivity contribution in [3.05, 3.63) is 17.5 Å². The van der Waals surface area contributed by atoms with Gasteiger partial charge in [-0.3, -0.25) is 9.48 Å². The monoisotopic (exact) mass is 307 g/mol. The van der Waals surface area contributed by atoms with Crippen LogP contribution in [0.1, 0.15) is 57.0 Å². The lowest BCUT2D eigenvalue weighted by Gasteiger charge is -2.25. The van der Waals surface area contributed by atoms with E-state index in [2.05, 4.69) is 12.0 Å². The number of hydrogen-bond donors (Lipinski definition) is 0.